The first-order chi connectivity index (χ1) is 9.43. The fourth-order valence-corrected chi connectivity index (χ4v) is 1.81. The second kappa shape index (κ2) is 7.79. The summed E-state index contributed by atoms with van der Waals surface area (Å²) in [5.41, 5.74) is 5.97. The third kappa shape index (κ3) is 5.13. The van der Waals surface area contributed by atoms with Crippen LogP contribution in [0.2, 0.25) is 0 Å². The average molecular weight is 296 g/mol. The van der Waals surface area contributed by atoms with Gasteiger partial charge in [0.15, 0.2) is 6.61 Å². The molecule has 1 rings (SSSR count). The molecule has 1 aromatic rings. The van der Waals surface area contributed by atoms with Gasteiger partial charge in [-0.25, -0.2) is 0 Å². The molecule has 0 spiro atoms. The molecule has 110 valence electrons. The van der Waals surface area contributed by atoms with Gasteiger partial charge in [-0.15, -0.1) is 0 Å². The van der Waals surface area contributed by atoms with E-state index in [1.165, 1.54) is 11.8 Å². The Morgan fingerprint density at radius 2 is 1.90 bits per heavy atom. The maximum Gasteiger partial charge on any atom is 0.255 e. The largest absolute Gasteiger partial charge is 0.484 e. The van der Waals surface area contributed by atoms with Crippen LogP contribution in [0.25, 0.3) is 0 Å². The number of ether oxygens (including phenoxy) is 1. The van der Waals surface area contributed by atoms with Crippen molar-refractivity contribution in [3.05, 3.63) is 29.8 Å². The second-order valence-corrected chi connectivity index (χ2v) is 5.61. The van der Waals surface area contributed by atoms with Crippen LogP contribution in [-0.2, 0) is 9.59 Å². The average Bonchev–Trinajstić information content (AvgIpc) is 2.44. The monoisotopic (exact) mass is 296 g/mol. The molecule has 0 unspecified atom stereocenters. The van der Waals surface area contributed by atoms with Crippen molar-refractivity contribution in [2.75, 3.05) is 12.9 Å². The number of carbonyl (C=O) groups is 2. The Morgan fingerprint density at radius 3 is 2.40 bits per heavy atom. The van der Waals surface area contributed by atoms with Gasteiger partial charge in [0.2, 0.25) is 5.91 Å². The molecule has 0 saturated heterocycles. The van der Waals surface area contributed by atoms with Gasteiger partial charge in [0.25, 0.3) is 5.91 Å². The van der Waals surface area contributed by atoms with Gasteiger partial charge in [-0.1, -0.05) is 12.1 Å². The van der Waals surface area contributed by atoms with Crippen LogP contribution >= 0.6 is 11.8 Å². The Hall–Kier alpha value is -1.69. The minimum Gasteiger partial charge on any atom is -0.484 e. The highest BCUT2D eigenvalue weighted by molar-refractivity contribution is 7.99. The molecule has 0 fully saturated rings. The van der Waals surface area contributed by atoms with Crippen molar-refractivity contribution in [3.8, 4) is 5.75 Å². The normalized spacial score (nSPS) is 13.3. The lowest BCUT2D eigenvalue weighted by Gasteiger charge is -2.17. The van der Waals surface area contributed by atoms with Crippen molar-refractivity contribution in [1.82, 2.24) is 5.32 Å². The van der Waals surface area contributed by atoms with Crippen molar-refractivity contribution in [1.29, 1.82) is 0 Å². The molecule has 20 heavy (non-hydrogen) atoms. The van der Waals surface area contributed by atoms with E-state index in [1.807, 2.05) is 32.2 Å². The van der Waals surface area contributed by atoms with Crippen LogP contribution in [0.15, 0.2) is 24.3 Å². The van der Waals surface area contributed by atoms with E-state index in [0.29, 0.717) is 5.75 Å². The van der Waals surface area contributed by atoms with Crippen LogP contribution < -0.4 is 15.8 Å². The van der Waals surface area contributed by atoms with Crippen molar-refractivity contribution >= 4 is 23.6 Å². The van der Waals surface area contributed by atoms with Gasteiger partial charge < -0.3 is 15.8 Å². The summed E-state index contributed by atoms with van der Waals surface area (Å²) in [6.45, 7) is 3.65. The number of hydrogen-bond acceptors (Lipinski definition) is 4. The molecular weight excluding hydrogens is 276 g/mol. The molecule has 0 radical (unpaired) electrons. The van der Waals surface area contributed by atoms with Crippen LogP contribution in [0.3, 0.4) is 0 Å². The lowest BCUT2D eigenvalue weighted by atomic mass is 10.1. The fourth-order valence-electron chi connectivity index (χ4n) is 1.53. The first-order valence-corrected chi connectivity index (χ1v) is 7.57. The van der Waals surface area contributed by atoms with Crippen LogP contribution in [0.4, 0.5) is 0 Å². The highest BCUT2D eigenvalue weighted by atomic mass is 32.2. The molecule has 0 aliphatic heterocycles. The van der Waals surface area contributed by atoms with Crippen LogP contribution in [0.5, 0.6) is 5.75 Å². The lowest BCUT2D eigenvalue weighted by Crippen LogP contribution is -2.32. The van der Waals surface area contributed by atoms with Crippen LogP contribution in [0, 0.1) is 0 Å². The third-order valence-corrected chi connectivity index (χ3v) is 3.76. The molecule has 5 nitrogen and oxygen atoms in total. The maximum absolute atomic E-state index is 11.8. The Kier molecular flexibility index (Phi) is 6.38. The summed E-state index contributed by atoms with van der Waals surface area (Å²) in [6, 6.07) is 7.12. The molecule has 1 aromatic carbocycles. The van der Waals surface area contributed by atoms with Crippen molar-refractivity contribution in [3.63, 3.8) is 0 Å². The van der Waals surface area contributed by atoms with Gasteiger partial charge in [-0.3, -0.25) is 9.59 Å². The van der Waals surface area contributed by atoms with E-state index in [1.54, 1.807) is 12.1 Å². The zero-order valence-electron chi connectivity index (χ0n) is 11.9. The predicted octanol–water partition coefficient (Wildman–Crippen LogP) is 1.48. The zero-order valence-corrected chi connectivity index (χ0v) is 12.7. The third-order valence-electron chi connectivity index (χ3n) is 2.84. The number of benzene rings is 1. The number of primary amides is 1. The van der Waals surface area contributed by atoms with Crippen LogP contribution in [0.1, 0.15) is 25.5 Å². The highest BCUT2D eigenvalue weighted by Crippen LogP contribution is 2.18. The molecule has 0 aliphatic carbocycles. The van der Waals surface area contributed by atoms with Gasteiger partial charge in [0.1, 0.15) is 5.75 Å². The molecule has 2 amide bonds. The Balaban J connectivity index is 2.59. The summed E-state index contributed by atoms with van der Waals surface area (Å²) in [4.78, 5) is 22.4. The lowest BCUT2D eigenvalue weighted by molar-refractivity contribution is -0.121. The number of nitrogens with two attached hydrogens (primary N) is 1. The molecule has 0 bridgehead atoms. The predicted molar refractivity (Wildman–Crippen MR) is 80.7 cm³/mol. The SMILES string of the molecule is CS[C@H](C)C(=O)N[C@@H](C)c1ccc(OCC(N)=O)cc1. The number of carbonyl (C=O) groups excluding carboxylic acids is 2. The summed E-state index contributed by atoms with van der Waals surface area (Å²) < 4.78 is 5.17. The summed E-state index contributed by atoms with van der Waals surface area (Å²) >= 11 is 1.51. The van der Waals surface area contributed by atoms with E-state index in [2.05, 4.69) is 5.32 Å². The van der Waals surface area contributed by atoms with Gasteiger partial charge in [-0.2, -0.15) is 11.8 Å². The van der Waals surface area contributed by atoms with Crippen LogP contribution in [-0.4, -0.2) is 29.9 Å². The molecule has 0 aliphatic rings. The number of amides is 2. The van der Waals surface area contributed by atoms with E-state index in [4.69, 9.17) is 10.5 Å². The van der Waals surface area contributed by atoms with Gasteiger partial charge in [0.05, 0.1) is 11.3 Å². The summed E-state index contributed by atoms with van der Waals surface area (Å²) in [6.07, 6.45) is 1.90. The first-order valence-electron chi connectivity index (χ1n) is 6.28. The van der Waals surface area contributed by atoms with E-state index < -0.39 is 5.91 Å². The second-order valence-electron chi connectivity index (χ2n) is 4.43. The smallest absolute Gasteiger partial charge is 0.255 e. The van der Waals surface area contributed by atoms with E-state index in [-0.39, 0.29) is 23.8 Å². The molecule has 6 heteroatoms. The number of nitrogens with one attached hydrogen (secondary N) is 1. The van der Waals surface area contributed by atoms with Crippen molar-refractivity contribution in [2.45, 2.75) is 25.1 Å². The summed E-state index contributed by atoms with van der Waals surface area (Å²) in [5, 5.41) is 2.87. The molecule has 0 heterocycles. The topological polar surface area (TPSA) is 81.4 Å². The van der Waals surface area contributed by atoms with E-state index >= 15 is 0 Å². The number of thioether (sulfide) groups is 1. The molecule has 0 aromatic heterocycles. The Morgan fingerprint density at radius 1 is 1.30 bits per heavy atom. The van der Waals surface area contributed by atoms with Gasteiger partial charge in [0, 0.05) is 0 Å². The molecule has 2 atom stereocenters. The fraction of sp³-hybridized carbons (Fsp3) is 0.429. The van der Waals surface area contributed by atoms with Crippen molar-refractivity contribution < 1.29 is 14.3 Å². The standard InChI is InChI=1S/C14H20N2O3S/c1-9(16-14(18)10(2)20-3)11-4-6-12(7-5-11)19-8-13(15)17/h4-7,9-10H,8H2,1-3H3,(H2,15,17)(H,16,18)/t9-,10+/m0/s1. The Bertz CT molecular complexity index is 462. The summed E-state index contributed by atoms with van der Waals surface area (Å²) in [5.74, 6) is 0.0726. The van der Waals surface area contributed by atoms with E-state index in [0.717, 1.165) is 5.56 Å². The number of hydrogen-bond donors (Lipinski definition) is 2. The first kappa shape index (κ1) is 16.4. The highest BCUT2D eigenvalue weighted by Gasteiger charge is 2.14. The van der Waals surface area contributed by atoms with Gasteiger partial charge in [-0.05, 0) is 37.8 Å². The molecular formula is C14H20N2O3S. The van der Waals surface area contributed by atoms with E-state index in [9.17, 15) is 9.59 Å². The molecule has 0 saturated carbocycles. The quantitative estimate of drug-likeness (QED) is 0.798. The minimum atomic E-state index is -0.513. The molecule has 3 N–H and O–H groups in total. The Labute approximate surface area is 123 Å². The van der Waals surface area contributed by atoms with Crippen molar-refractivity contribution in [2.24, 2.45) is 5.73 Å². The zero-order chi connectivity index (χ0) is 15.1. The maximum atomic E-state index is 11.8. The summed E-state index contributed by atoms with van der Waals surface area (Å²) in [7, 11) is 0. The van der Waals surface area contributed by atoms with Gasteiger partial charge >= 0.3 is 0 Å². The minimum absolute atomic E-state index is 0.0130. The number of rotatable bonds is 7.